The lowest BCUT2D eigenvalue weighted by molar-refractivity contribution is -0.159. The molecule has 6 heteroatoms. The highest BCUT2D eigenvalue weighted by atomic mass is 19.1. The van der Waals surface area contributed by atoms with Crippen LogP contribution in [0.5, 0.6) is 5.75 Å². The molecule has 1 rings (SSSR count). The Hall–Kier alpha value is -2.16. The van der Waals surface area contributed by atoms with Gasteiger partial charge in [-0.25, -0.2) is 9.18 Å². The number of alkyl halides is 1. The molecule has 0 spiro atoms. The average molecular weight is 241 g/mol. The van der Waals surface area contributed by atoms with Gasteiger partial charge in [-0.2, -0.15) is 9.65 Å². The van der Waals surface area contributed by atoms with Gasteiger partial charge in [0.25, 0.3) is 0 Å². The predicted molar refractivity (Wildman–Crippen MR) is 53.3 cm³/mol. The second-order valence-electron chi connectivity index (χ2n) is 2.91. The molecule has 1 aromatic carbocycles. The summed E-state index contributed by atoms with van der Waals surface area (Å²) in [5.74, 6) is -2.41. The third-order valence-corrected chi connectivity index (χ3v) is 1.79. The topological polar surface area (TPSA) is 59.3 Å². The molecular weight excluding hydrogens is 232 g/mol. The Morgan fingerprint density at radius 3 is 2.88 bits per heavy atom. The van der Waals surface area contributed by atoms with Crippen LogP contribution in [0.2, 0.25) is 0 Å². The van der Waals surface area contributed by atoms with Crippen molar-refractivity contribution in [2.24, 2.45) is 0 Å². The second-order valence-corrected chi connectivity index (χ2v) is 2.91. The highest BCUT2D eigenvalue weighted by Gasteiger charge is 2.22. The first-order valence-corrected chi connectivity index (χ1v) is 4.76. The molecular formula is C11H9F2NO3. The Bertz CT molecular complexity index is 457. The van der Waals surface area contributed by atoms with Gasteiger partial charge in [-0.15, -0.1) is 0 Å². The molecule has 0 heterocycles. The van der Waals surface area contributed by atoms with E-state index in [0.717, 1.165) is 6.07 Å². The van der Waals surface area contributed by atoms with Gasteiger partial charge in [0, 0.05) is 0 Å². The smallest absolute Gasteiger partial charge is 0.381 e. The molecule has 17 heavy (non-hydrogen) atoms. The Kier molecular flexibility index (Phi) is 4.40. The third-order valence-electron chi connectivity index (χ3n) is 1.79. The minimum Gasteiger partial charge on any atom is -0.461 e. The van der Waals surface area contributed by atoms with Crippen LogP contribution in [0.25, 0.3) is 0 Å². The van der Waals surface area contributed by atoms with E-state index < -0.39 is 23.7 Å². The van der Waals surface area contributed by atoms with Crippen molar-refractivity contribution in [3.63, 3.8) is 0 Å². The maximum absolute atomic E-state index is 13.2. The largest absolute Gasteiger partial charge is 0.461 e. The average Bonchev–Trinajstić information content (AvgIpc) is 2.29. The summed E-state index contributed by atoms with van der Waals surface area (Å²) in [6, 6.07) is 4.98. The van der Waals surface area contributed by atoms with Crippen LogP contribution in [0.4, 0.5) is 8.78 Å². The van der Waals surface area contributed by atoms with E-state index in [2.05, 4.69) is 9.47 Å². The number of carbonyl (C=O) groups is 1. The lowest BCUT2D eigenvalue weighted by Crippen LogP contribution is -2.25. The van der Waals surface area contributed by atoms with Crippen LogP contribution in [0, 0.1) is 17.1 Å². The number of nitriles is 1. The summed E-state index contributed by atoms with van der Waals surface area (Å²) in [6.07, 6.45) is -2.39. The zero-order valence-corrected chi connectivity index (χ0v) is 8.94. The van der Waals surface area contributed by atoms with Crippen molar-refractivity contribution in [2.45, 2.75) is 13.3 Å². The number of carbonyl (C=O) groups excluding carboxylic acids is 1. The Labute approximate surface area is 96.4 Å². The van der Waals surface area contributed by atoms with Gasteiger partial charge in [-0.3, -0.25) is 0 Å². The quantitative estimate of drug-likeness (QED) is 0.756. The molecule has 0 aliphatic carbocycles. The first-order chi connectivity index (χ1) is 8.10. The molecule has 0 aliphatic rings. The van der Waals surface area contributed by atoms with E-state index >= 15 is 0 Å². The number of ether oxygens (including phenoxy) is 2. The molecule has 1 aromatic rings. The van der Waals surface area contributed by atoms with Crippen molar-refractivity contribution < 1.29 is 23.0 Å². The fourth-order valence-corrected chi connectivity index (χ4v) is 1.08. The number of benzene rings is 1. The van der Waals surface area contributed by atoms with Crippen LogP contribution in [-0.2, 0) is 9.53 Å². The molecule has 0 amide bonds. The van der Waals surface area contributed by atoms with Crippen molar-refractivity contribution >= 4 is 5.97 Å². The number of halogens is 2. The first-order valence-electron chi connectivity index (χ1n) is 4.76. The van der Waals surface area contributed by atoms with Crippen LogP contribution < -0.4 is 4.74 Å². The van der Waals surface area contributed by atoms with E-state index in [4.69, 9.17) is 5.26 Å². The molecule has 0 saturated heterocycles. The highest BCUT2D eigenvalue weighted by Crippen LogP contribution is 2.22. The van der Waals surface area contributed by atoms with E-state index in [1.54, 1.807) is 0 Å². The summed E-state index contributed by atoms with van der Waals surface area (Å²) < 4.78 is 35.2. The van der Waals surface area contributed by atoms with Crippen molar-refractivity contribution in [1.82, 2.24) is 0 Å². The van der Waals surface area contributed by atoms with E-state index in [0.29, 0.717) is 0 Å². The standard InChI is InChI=1S/C11H9F2NO3/c1-2-16-11(15)10(13)17-9-5-3-4-8(12)7(9)6-14/h3-5,10H,2H2,1H3. The van der Waals surface area contributed by atoms with Gasteiger partial charge in [-0.1, -0.05) is 6.07 Å². The summed E-state index contributed by atoms with van der Waals surface area (Å²) in [5, 5.41) is 8.65. The Balaban J connectivity index is 2.86. The summed E-state index contributed by atoms with van der Waals surface area (Å²) in [7, 11) is 0. The number of rotatable bonds is 4. The predicted octanol–water partition coefficient (Wildman–Crippen LogP) is 1.93. The van der Waals surface area contributed by atoms with Gasteiger partial charge in [0.05, 0.1) is 6.61 Å². The zero-order chi connectivity index (χ0) is 12.8. The normalized spacial score (nSPS) is 11.4. The van der Waals surface area contributed by atoms with Crippen molar-refractivity contribution in [3.8, 4) is 11.8 Å². The minimum absolute atomic E-state index is 0.00310. The zero-order valence-electron chi connectivity index (χ0n) is 8.94. The van der Waals surface area contributed by atoms with E-state index in [1.807, 2.05) is 0 Å². The fraction of sp³-hybridized carbons (Fsp3) is 0.273. The molecule has 0 aliphatic heterocycles. The van der Waals surface area contributed by atoms with Gasteiger partial charge >= 0.3 is 12.3 Å². The van der Waals surface area contributed by atoms with Crippen molar-refractivity contribution in [2.75, 3.05) is 6.61 Å². The molecule has 1 atom stereocenters. The second kappa shape index (κ2) is 5.80. The maximum atomic E-state index is 13.2. The molecule has 0 N–H and O–H groups in total. The molecule has 0 fully saturated rings. The first kappa shape index (κ1) is 12.9. The van der Waals surface area contributed by atoms with E-state index in [-0.39, 0.29) is 12.4 Å². The summed E-state index contributed by atoms with van der Waals surface area (Å²) >= 11 is 0. The molecule has 0 aromatic heterocycles. The SMILES string of the molecule is CCOC(=O)C(F)Oc1cccc(F)c1C#N. The summed E-state index contributed by atoms with van der Waals surface area (Å²) in [5.41, 5.74) is -0.459. The number of esters is 1. The third kappa shape index (κ3) is 3.14. The van der Waals surface area contributed by atoms with E-state index in [9.17, 15) is 13.6 Å². The summed E-state index contributed by atoms with van der Waals surface area (Å²) in [4.78, 5) is 10.9. The molecule has 0 bridgehead atoms. The molecule has 4 nitrogen and oxygen atoms in total. The fourth-order valence-electron chi connectivity index (χ4n) is 1.08. The Morgan fingerprint density at radius 1 is 1.59 bits per heavy atom. The van der Waals surface area contributed by atoms with Crippen LogP contribution in [-0.4, -0.2) is 18.9 Å². The molecule has 0 saturated carbocycles. The van der Waals surface area contributed by atoms with Crippen LogP contribution in [0.1, 0.15) is 12.5 Å². The van der Waals surface area contributed by atoms with Crippen molar-refractivity contribution in [1.29, 1.82) is 5.26 Å². The monoisotopic (exact) mass is 241 g/mol. The van der Waals surface area contributed by atoms with Crippen LogP contribution in [0.3, 0.4) is 0 Å². The van der Waals surface area contributed by atoms with E-state index in [1.165, 1.54) is 25.1 Å². The summed E-state index contributed by atoms with van der Waals surface area (Å²) in [6.45, 7) is 1.50. The minimum atomic E-state index is -2.39. The Morgan fingerprint density at radius 2 is 2.29 bits per heavy atom. The number of hydrogen-bond acceptors (Lipinski definition) is 4. The van der Waals surface area contributed by atoms with Gasteiger partial charge in [-0.05, 0) is 19.1 Å². The number of nitrogens with zero attached hydrogens (tertiary/aromatic N) is 1. The van der Waals surface area contributed by atoms with Gasteiger partial charge in [0.2, 0.25) is 0 Å². The maximum Gasteiger partial charge on any atom is 0.381 e. The molecule has 0 radical (unpaired) electrons. The van der Waals surface area contributed by atoms with Crippen LogP contribution >= 0.6 is 0 Å². The van der Waals surface area contributed by atoms with Gasteiger partial charge in [0.1, 0.15) is 23.2 Å². The molecule has 90 valence electrons. The highest BCUT2D eigenvalue weighted by molar-refractivity contribution is 5.73. The lowest BCUT2D eigenvalue weighted by atomic mass is 10.2. The van der Waals surface area contributed by atoms with Gasteiger partial charge in [0.15, 0.2) is 0 Å². The molecule has 1 unspecified atom stereocenters. The number of hydrogen-bond donors (Lipinski definition) is 0. The van der Waals surface area contributed by atoms with Crippen molar-refractivity contribution in [3.05, 3.63) is 29.6 Å². The van der Waals surface area contributed by atoms with Gasteiger partial charge < -0.3 is 9.47 Å². The van der Waals surface area contributed by atoms with Crippen LogP contribution in [0.15, 0.2) is 18.2 Å². The lowest BCUT2D eigenvalue weighted by Gasteiger charge is -2.11.